The van der Waals surface area contributed by atoms with Gasteiger partial charge < -0.3 is 19.5 Å². The number of anilines is 1. The minimum absolute atomic E-state index is 0.0227. The quantitative estimate of drug-likeness (QED) is 0.241. The fourth-order valence-corrected chi connectivity index (χ4v) is 4.07. The molecule has 3 aromatic rings. The van der Waals surface area contributed by atoms with E-state index in [2.05, 4.69) is 35.8 Å². The largest absolute Gasteiger partial charge is 0.573 e. The third kappa shape index (κ3) is 9.09. The molecule has 0 saturated carbocycles. The Morgan fingerprint density at radius 1 is 0.804 bits per heavy atom. The maximum atomic E-state index is 13.1. The van der Waals surface area contributed by atoms with Crippen LogP contribution in [0.1, 0.15) is 30.0 Å². The molecule has 5 rings (SSSR count). The SMILES string of the molecule is CCCNc1ccc(C2=NNC(=O)OC2)cc1C(F)(F)F.O=C1NN=C(c2ccc(-c3ccc(F)cc3)c(OC(F)(F)F)c2)CO1. The predicted octanol–water partition coefficient (Wildman–Crippen LogP) is 6.81. The summed E-state index contributed by atoms with van der Waals surface area (Å²) >= 11 is 0. The van der Waals surface area contributed by atoms with Gasteiger partial charge in [-0.1, -0.05) is 31.2 Å². The Bertz CT molecular complexity index is 1640. The van der Waals surface area contributed by atoms with Gasteiger partial charge in [-0.05, 0) is 48.4 Å². The molecule has 244 valence electrons. The molecule has 10 nitrogen and oxygen atoms in total. The van der Waals surface area contributed by atoms with Crippen LogP contribution in [-0.4, -0.2) is 49.7 Å². The van der Waals surface area contributed by atoms with Gasteiger partial charge in [-0.25, -0.2) is 24.8 Å². The number of halogens is 7. The number of amides is 2. The average Bonchev–Trinajstić information content (AvgIpc) is 3.00. The summed E-state index contributed by atoms with van der Waals surface area (Å²) in [7, 11) is 0. The Labute approximate surface area is 256 Å². The lowest BCUT2D eigenvalue weighted by molar-refractivity contribution is -0.274. The lowest BCUT2D eigenvalue weighted by Gasteiger charge is -2.18. The van der Waals surface area contributed by atoms with Crippen molar-refractivity contribution < 1.29 is 54.5 Å². The first-order valence-corrected chi connectivity index (χ1v) is 13.3. The van der Waals surface area contributed by atoms with E-state index in [4.69, 9.17) is 4.74 Å². The molecule has 3 N–H and O–H groups in total. The molecule has 0 aliphatic carbocycles. The van der Waals surface area contributed by atoms with Gasteiger partial charge in [0.1, 0.15) is 36.2 Å². The van der Waals surface area contributed by atoms with Crippen molar-refractivity contribution in [3.8, 4) is 16.9 Å². The number of carbonyl (C=O) groups is 2. The number of hydrogen-bond donors (Lipinski definition) is 3. The highest BCUT2D eigenvalue weighted by Crippen LogP contribution is 2.36. The lowest BCUT2D eigenvalue weighted by Crippen LogP contribution is -2.30. The summed E-state index contributed by atoms with van der Waals surface area (Å²) in [6.45, 7) is 1.96. The number of nitrogens with one attached hydrogen (secondary N) is 3. The molecule has 17 heteroatoms. The van der Waals surface area contributed by atoms with E-state index in [1.807, 2.05) is 6.92 Å². The zero-order valence-corrected chi connectivity index (χ0v) is 23.7. The Morgan fingerprint density at radius 3 is 1.85 bits per heavy atom. The Kier molecular flexibility index (Phi) is 10.3. The van der Waals surface area contributed by atoms with Gasteiger partial charge in [0.15, 0.2) is 0 Å². The molecule has 46 heavy (non-hydrogen) atoms. The molecule has 0 unspecified atom stereocenters. The lowest BCUT2D eigenvalue weighted by atomic mass is 10.0. The Morgan fingerprint density at radius 2 is 1.35 bits per heavy atom. The topological polar surface area (TPSA) is 123 Å². The highest BCUT2D eigenvalue weighted by atomic mass is 19.4. The minimum Gasteiger partial charge on any atom is -0.442 e. The number of nitrogens with zero attached hydrogens (tertiary/aromatic N) is 2. The third-order valence-corrected chi connectivity index (χ3v) is 6.16. The van der Waals surface area contributed by atoms with Crippen LogP contribution in [0.5, 0.6) is 5.75 Å². The van der Waals surface area contributed by atoms with Crippen molar-refractivity contribution in [2.24, 2.45) is 10.2 Å². The number of hydrogen-bond acceptors (Lipinski definition) is 8. The minimum atomic E-state index is -4.91. The van der Waals surface area contributed by atoms with Crippen LogP contribution in [0.3, 0.4) is 0 Å². The molecule has 2 aliphatic rings. The number of carbonyl (C=O) groups excluding carboxylic acids is 2. The van der Waals surface area contributed by atoms with Gasteiger partial charge >= 0.3 is 24.7 Å². The second-order valence-electron chi connectivity index (χ2n) is 9.44. The van der Waals surface area contributed by atoms with Crippen molar-refractivity contribution >= 4 is 29.3 Å². The summed E-state index contributed by atoms with van der Waals surface area (Å²) in [5.41, 5.74) is 4.88. The van der Waals surface area contributed by atoms with Crippen LogP contribution in [0, 0.1) is 5.82 Å². The molecule has 0 spiro atoms. The van der Waals surface area contributed by atoms with Gasteiger partial charge in [-0.2, -0.15) is 23.4 Å². The van der Waals surface area contributed by atoms with Crippen LogP contribution < -0.4 is 20.9 Å². The monoisotopic (exact) mass is 655 g/mol. The molecular formula is C29H24F7N5O5. The van der Waals surface area contributed by atoms with E-state index in [1.165, 1.54) is 36.4 Å². The molecule has 2 heterocycles. The van der Waals surface area contributed by atoms with Crippen molar-refractivity contribution in [2.75, 3.05) is 25.1 Å². The molecule has 0 bridgehead atoms. The third-order valence-electron chi connectivity index (χ3n) is 6.16. The Hall–Kier alpha value is -5.35. The summed E-state index contributed by atoms with van der Waals surface area (Å²) < 4.78 is 104. The molecule has 0 atom stereocenters. The van der Waals surface area contributed by atoms with Gasteiger partial charge in [-0.3, -0.25) is 0 Å². The molecule has 0 fully saturated rings. The first-order valence-electron chi connectivity index (χ1n) is 13.3. The Balaban J connectivity index is 0.000000212. The van der Waals surface area contributed by atoms with Crippen molar-refractivity contribution in [3.63, 3.8) is 0 Å². The predicted molar refractivity (Wildman–Crippen MR) is 151 cm³/mol. The van der Waals surface area contributed by atoms with Gasteiger partial charge in [0, 0.05) is 28.9 Å². The smallest absolute Gasteiger partial charge is 0.442 e. The summed E-state index contributed by atoms with van der Waals surface area (Å²) in [6.07, 6.45) is -10.2. The van der Waals surface area contributed by atoms with Crippen molar-refractivity contribution in [2.45, 2.75) is 25.9 Å². The standard InChI is InChI=1S/C16H10F4N2O3.C13H14F3N3O2/c17-11-4-1-9(2-5-11)12-6-3-10(7-14(12)25-16(18,19)20)13-8-24-15(23)22-21-13;1-2-5-17-10-4-3-8(6-9(10)13(14,15)16)11-7-21-12(20)19-18-11/h1-7H,8H2,(H,22,23);3-4,6,17H,2,5,7H2,1H3,(H,19,20). The number of cyclic esters (lactones) is 2. The second-order valence-corrected chi connectivity index (χ2v) is 9.44. The summed E-state index contributed by atoms with van der Waals surface area (Å²) in [5.74, 6) is -0.987. The summed E-state index contributed by atoms with van der Waals surface area (Å²) in [4.78, 5) is 21.7. The summed E-state index contributed by atoms with van der Waals surface area (Å²) in [6, 6.07) is 12.8. The van der Waals surface area contributed by atoms with Gasteiger partial charge in [-0.15, -0.1) is 13.2 Å². The molecule has 2 amide bonds. The molecule has 2 aliphatic heterocycles. The zero-order chi connectivity index (χ0) is 33.5. The van der Waals surface area contributed by atoms with Gasteiger partial charge in [0.25, 0.3) is 0 Å². The van der Waals surface area contributed by atoms with E-state index in [1.54, 1.807) is 0 Å². The van der Waals surface area contributed by atoms with E-state index in [0.29, 0.717) is 18.5 Å². The van der Waals surface area contributed by atoms with E-state index in [0.717, 1.165) is 24.3 Å². The molecule has 0 saturated heterocycles. The molecular weight excluding hydrogens is 631 g/mol. The van der Waals surface area contributed by atoms with Crippen LogP contribution in [-0.2, 0) is 15.7 Å². The normalized spacial score (nSPS) is 14.7. The fourth-order valence-electron chi connectivity index (χ4n) is 4.07. The first kappa shape index (κ1) is 33.5. The second kappa shape index (κ2) is 14.2. The average molecular weight is 656 g/mol. The molecule has 0 radical (unpaired) electrons. The van der Waals surface area contributed by atoms with Crippen molar-refractivity contribution in [1.82, 2.24) is 10.9 Å². The molecule has 3 aromatic carbocycles. The van der Waals surface area contributed by atoms with Crippen molar-refractivity contribution in [1.29, 1.82) is 0 Å². The number of ether oxygens (including phenoxy) is 3. The van der Waals surface area contributed by atoms with Gasteiger partial charge in [0.05, 0.1) is 5.56 Å². The number of rotatable bonds is 7. The number of alkyl halides is 6. The zero-order valence-electron chi connectivity index (χ0n) is 23.7. The van der Waals surface area contributed by atoms with E-state index in [-0.39, 0.29) is 47.0 Å². The van der Waals surface area contributed by atoms with Crippen molar-refractivity contribution in [3.05, 3.63) is 83.2 Å². The van der Waals surface area contributed by atoms with Crippen LogP contribution in [0.15, 0.2) is 70.9 Å². The van der Waals surface area contributed by atoms with Crippen LogP contribution in [0.4, 0.5) is 46.0 Å². The maximum Gasteiger partial charge on any atom is 0.573 e. The highest BCUT2D eigenvalue weighted by molar-refractivity contribution is 6.05. The number of benzene rings is 3. The first-order chi connectivity index (χ1) is 21.7. The van der Waals surface area contributed by atoms with E-state index in [9.17, 15) is 40.3 Å². The maximum absolute atomic E-state index is 13.1. The van der Waals surface area contributed by atoms with Gasteiger partial charge in [0.2, 0.25) is 0 Å². The summed E-state index contributed by atoms with van der Waals surface area (Å²) in [5, 5.41) is 10.2. The van der Waals surface area contributed by atoms with Crippen LogP contribution >= 0.6 is 0 Å². The highest BCUT2D eigenvalue weighted by Gasteiger charge is 2.35. The van der Waals surface area contributed by atoms with Crippen LogP contribution in [0.2, 0.25) is 0 Å². The van der Waals surface area contributed by atoms with E-state index < -0.39 is 41.9 Å². The number of hydrazone groups is 2. The fraction of sp³-hybridized carbons (Fsp3) is 0.241. The van der Waals surface area contributed by atoms with Crippen LogP contribution in [0.25, 0.3) is 11.1 Å². The van der Waals surface area contributed by atoms with E-state index >= 15 is 0 Å². The molecule has 0 aromatic heterocycles.